The average Bonchev–Trinajstić information content (AvgIpc) is 3.17. The number of amides is 1. The van der Waals surface area contributed by atoms with E-state index in [1.165, 1.54) is 16.2 Å². The van der Waals surface area contributed by atoms with Crippen molar-refractivity contribution >= 4 is 23.1 Å². The van der Waals surface area contributed by atoms with Gasteiger partial charge in [0.05, 0.1) is 18.3 Å². The van der Waals surface area contributed by atoms with Gasteiger partial charge in [-0.2, -0.15) is 0 Å². The average molecular weight is 319 g/mol. The molecule has 1 aliphatic heterocycles. The molecule has 0 aromatic carbocycles. The van der Waals surface area contributed by atoms with Crippen LogP contribution in [0.4, 0.5) is 5.82 Å². The monoisotopic (exact) mass is 319 g/mol. The van der Waals surface area contributed by atoms with Crippen LogP contribution in [0, 0.1) is 0 Å². The summed E-state index contributed by atoms with van der Waals surface area (Å²) in [7, 11) is 1.69. The number of nitrogens with zero attached hydrogens (tertiary/aromatic N) is 5. The highest BCUT2D eigenvalue weighted by atomic mass is 32.1. The maximum atomic E-state index is 12.2. The molecule has 3 rings (SSSR count). The molecule has 0 radical (unpaired) electrons. The zero-order chi connectivity index (χ0) is 15.6. The van der Waals surface area contributed by atoms with E-state index in [1.807, 2.05) is 4.90 Å². The lowest BCUT2D eigenvalue weighted by molar-refractivity contribution is 0.0262. The molecule has 1 aliphatic rings. The van der Waals surface area contributed by atoms with Crippen LogP contribution in [-0.2, 0) is 0 Å². The summed E-state index contributed by atoms with van der Waals surface area (Å²) in [5.41, 5.74) is 1.10. The number of hydrogen-bond acceptors (Lipinski definition) is 7. The smallest absolute Gasteiger partial charge is 0.273 e. The third kappa shape index (κ3) is 3.07. The fourth-order valence-corrected chi connectivity index (χ4v) is 3.19. The number of β-amino-alcohol motifs (C(OH)–C–C–N with tert-alkyl or cyclic N) is 1. The van der Waals surface area contributed by atoms with Crippen molar-refractivity contribution in [3.63, 3.8) is 0 Å². The SMILES string of the molecule is CN(C[C@@]1(O)CCN(c2cnccn2)C1)C(=O)c1cscn1. The minimum atomic E-state index is -0.946. The predicted molar refractivity (Wildman–Crippen MR) is 82.9 cm³/mol. The summed E-state index contributed by atoms with van der Waals surface area (Å²) in [6.07, 6.45) is 5.50. The molecule has 1 amide bonds. The molecule has 1 saturated heterocycles. The lowest BCUT2D eigenvalue weighted by atomic mass is 10.0. The fourth-order valence-electron chi connectivity index (χ4n) is 2.66. The number of hydrogen-bond donors (Lipinski definition) is 1. The first-order valence-corrected chi connectivity index (χ1v) is 7.89. The van der Waals surface area contributed by atoms with Gasteiger partial charge in [-0.3, -0.25) is 9.78 Å². The minimum absolute atomic E-state index is 0.173. The number of aromatic nitrogens is 3. The second-order valence-electron chi connectivity index (χ2n) is 5.49. The van der Waals surface area contributed by atoms with Crippen molar-refractivity contribution in [1.82, 2.24) is 19.9 Å². The molecule has 8 heteroatoms. The Morgan fingerprint density at radius 2 is 2.36 bits per heavy atom. The van der Waals surface area contributed by atoms with Gasteiger partial charge >= 0.3 is 0 Å². The first-order valence-electron chi connectivity index (χ1n) is 6.94. The quantitative estimate of drug-likeness (QED) is 0.891. The highest BCUT2D eigenvalue weighted by molar-refractivity contribution is 7.07. The van der Waals surface area contributed by atoms with Gasteiger partial charge in [-0.1, -0.05) is 0 Å². The van der Waals surface area contributed by atoms with E-state index in [0.29, 0.717) is 25.2 Å². The van der Waals surface area contributed by atoms with Crippen molar-refractivity contribution in [3.05, 3.63) is 35.2 Å². The molecule has 1 atom stereocenters. The Labute approximate surface area is 132 Å². The van der Waals surface area contributed by atoms with Gasteiger partial charge in [0, 0.05) is 37.9 Å². The highest BCUT2D eigenvalue weighted by Crippen LogP contribution is 2.26. The van der Waals surface area contributed by atoms with Crippen LogP contribution in [0.2, 0.25) is 0 Å². The summed E-state index contributed by atoms with van der Waals surface area (Å²) in [6, 6.07) is 0. The van der Waals surface area contributed by atoms with Crippen LogP contribution in [0.5, 0.6) is 0 Å². The molecule has 3 heterocycles. The van der Waals surface area contributed by atoms with Crippen molar-refractivity contribution in [2.75, 3.05) is 31.6 Å². The second kappa shape index (κ2) is 5.98. The third-order valence-corrected chi connectivity index (χ3v) is 4.32. The molecule has 0 spiro atoms. The molecule has 7 nitrogen and oxygen atoms in total. The molecule has 22 heavy (non-hydrogen) atoms. The topological polar surface area (TPSA) is 82.5 Å². The Bertz CT molecular complexity index is 636. The first-order chi connectivity index (χ1) is 10.6. The lowest BCUT2D eigenvalue weighted by Gasteiger charge is -2.28. The molecule has 2 aromatic rings. The van der Waals surface area contributed by atoms with Crippen LogP contribution < -0.4 is 4.90 Å². The summed E-state index contributed by atoms with van der Waals surface area (Å²) in [4.78, 5) is 28.0. The summed E-state index contributed by atoms with van der Waals surface area (Å²) >= 11 is 1.38. The van der Waals surface area contributed by atoms with Crippen LogP contribution in [-0.4, -0.2) is 63.1 Å². The molecule has 116 valence electrons. The third-order valence-electron chi connectivity index (χ3n) is 3.74. The number of carbonyl (C=O) groups excluding carboxylic acids is 1. The predicted octanol–water partition coefficient (Wildman–Crippen LogP) is 0.646. The number of thiazole rings is 1. The van der Waals surface area contributed by atoms with E-state index in [0.717, 1.165) is 5.82 Å². The molecule has 0 saturated carbocycles. The standard InChI is InChI=1S/C14H17N5O2S/c1-18(13(20)11-7-22-10-17-11)8-14(21)2-5-19(9-14)12-6-15-3-4-16-12/h3-4,6-7,10,21H,2,5,8-9H2,1H3/t14-/m0/s1. The number of carbonyl (C=O) groups is 1. The van der Waals surface area contributed by atoms with Gasteiger partial charge in [-0.15, -0.1) is 11.3 Å². The maximum absolute atomic E-state index is 12.2. The van der Waals surface area contributed by atoms with Gasteiger partial charge in [0.25, 0.3) is 5.91 Å². The summed E-state index contributed by atoms with van der Waals surface area (Å²) < 4.78 is 0. The van der Waals surface area contributed by atoms with Gasteiger partial charge in [-0.05, 0) is 6.42 Å². The Balaban J connectivity index is 1.64. The van der Waals surface area contributed by atoms with E-state index >= 15 is 0 Å². The number of anilines is 1. The van der Waals surface area contributed by atoms with Crippen LogP contribution in [0.15, 0.2) is 29.5 Å². The van der Waals surface area contributed by atoms with Crippen molar-refractivity contribution < 1.29 is 9.90 Å². The van der Waals surface area contributed by atoms with Crippen LogP contribution >= 0.6 is 11.3 Å². The van der Waals surface area contributed by atoms with E-state index in [1.54, 1.807) is 36.5 Å². The summed E-state index contributed by atoms with van der Waals surface area (Å²) in [5, 5.41) is 12.4. The Morgan fingerprint density at radius 3 is 3.05 bits per heavy atom. The van der Waals surface area contributed by atoms with Crippen LogP contribution in [0.1, 0.15) is 16.9 Å². The highest BCUT2D eigenvalue weighted by Gasteiger charge is 2.38. The maximum Gasteiger partial charge on any atom is 0.273 e. The zero-order valence-corrected chi connectivity index (χ0v) is 13.0. The van der Waals surface area contributed by atoms with Gasteiger partial charge in [0.1, 0.15) is 17.1 Å². The summed E-state index contributed by atoms with van der Waals surface area (Å²) in [6.45, 7) is 1.38. The zero-order valence-electron chi connectivity index (χ0n) is 12.2. The van der Waals surface area contributed by atoms with E-state index in [-0.39, 0.29) is 12.5 Å². The van der Waals surface area contributed by atoms with Crippen LogP contribution in [0.25, 0.3) is 0 Å². The second-order valence-corrected chi connectivity index (χ2v) is 6.21. The van der Waals surface area contributed by atoms with Crippen LogP contribution in [0.3, 0.4) is 0 Å². The molecular weight excluding hydrogens is 302 g/mol. The Kier molecular flexibility index (Phi) is 4.04. The van der Waals surface area contributed by atoms with Crippen molar-refractivity contribution in [3.8, 4) is 0 Å². The molecule has 0 bridgehead atoms. The van der Waals surface area contributed by atoms with Gasteiger partial charge in [0.2, 0.25) is 0 Å². The van der Waals surface area contributed by atoms with Crippen molar-refractivity contribution in [2.24, 2.45) is 0 Å². The fraction of sp³-hybridized carbons (Fsp3) is 0.429. The van der Waals surface area contributed by atoms with Crippen molar-refractivity contribution in [2.45, 2.75) is 12.0 Å². The largest absolute Gasteiger partial charge is 0.386 e. The van der Waals surface area contributed by atoms with Gasteiger partial charge in [-0.25, -0.2) is 9.97 Å². The first kappa shape index (κ1) is 14.9. The number of rotatable bonds is 4. The molecule has 0 aliphatic carbocycles. The van der Waals surface area contributed by atoms with E-state index in [2.05, 4.69) is 15.0 Å². The normalized spacial score (nSPS) is 21.1. The molecule has 0 unspecified atom stereocenters. The molecule has 1 N–H and O–H groups in total. The molecule has 1 fully saturated rings. The van der Waals surface area contributed by atoms with E-state index in [9.17, 15) is 9.90 Å². The number of aliphatic hydroxyl groups is 1. The van der Waals surface area contributed by atoms with Crippen molar-refractivity contribution in [1.29, 1.82) is 0 Å². The summed E-state index contributed by atoms with van der Waals surface area (Å²) in [5.74, 6) is 0.569. The Morgan fingerprint density at radius 1 is 1.50 bits per heavy atom. The lowest BCUT2D eigenvalue weighted by Crippen LogP contribution is -2.46. The van der Waals surface area contributed by atoms with E-state index < -0.39 is 5.60 Å². The van der Waals surface area contributed by atoms with Gasteiger partial charge < -0.3 is 14.9 Å². The molecule has 2 aromatic heterocycles. The van der Waals surface area contributed by atoms with E-state index in [4.69, 9.17) is 0 Å². The minimum Gasteiger partial charge on any atom is -0.386 e. The van der Waals surface area contributed by atoms with Gasteiger partial charge in [0.15, 0.2) is 0 Å². The number of likely N-dealkylation sites (N-methyl/N-ethyl adjacent to an activating group) is 1. The Hall–Kier alpha value is -2.06. The molecular formula is C14H17N5O2S.